The van der Waals surface area contributed by atoms with Crippen molar-refractivity contribution in [1.29, 1.82) is 0 Å². The molecule has 2 aliphatic heterocycles. The summed E-state index contributed by atoms with van der Waals surface area (Å²) in [7, 11) is 0. The molecule has 17 unspecified atom stereocenters. The Kier molecular flexibility index (Phi) is 7.61. The first-order valence-electron chi connectivity index (χ1n) is 17.9. The minimum Gasteiger partial charge on any atom is -0.394 e. The Balaban J connectivity index is 1.11. The van der Waals surface area contributed by atoms with Crippen molar-refractivity contribution in [3.63, 3.8) is 0 Å². The van der Waals surface area contributed by atoms with Gasteiger partial charge in [-0.05, 0) is 116 Å². The normalized spacial score (nSPS) is 58.6. The van der Waals surface area contributed by atoms with Gasteiger partial charge in [0.15, 0.2) is 6.29 Å². The Hall–Kier alpha value is -0.360. The number of ether oxygens (including phenoxy) is 3. The predicted molar refractivity (Wildman–Crippen MR) is 166 cm³/mol. The molecule has 0 bridgehead atoms. The van der Waals surface area contributed by atoms with Crippen molar-refractivity contribution in [1.82, 2.24) is 0 Å². The van der Waals surface area contributed by atoms with Gasteiger partial charge in [0.25, 0.3) is 0 Å². The summed E-state index contributed by atoms with van der Waals surface area (Å²) >= 11 is 0. The van der Waals surface area contributed by atoms with Crippen molar-refractivity contribution in [2.24, 2.45) is 50.7 Å². The topological polar surface area (TPSA) is 149 Å². The average molecular weight is 637 g/mol. The van der Waals surface area contributed by atoms with E-state index in [-0.39, 0.29) is 57.2 Å². The predicted octanol–water partition coefficient (Wildman–Crippen LogP) is 3.15. The van der Waals surface area contributed by atoms with Crippen LogP contribution < -0.4 is 0 Å². The Labute approximate surface area is 269 Å². The van der Waals surface area contributed by atoms with Crippen LogP contribution in [0.4, 0.5) is 0 Å². The lowest BCUT2D eigenvalue weighted by Gasteiger charge is -2.63. The third-order valence-corrected chi connectivity index (χ3v) is 16.1. The summed E-state index contributed by atoms with van der Waals surface area (Å²) in [6.45, 7) is 15.3. The van der Waals surface area contributed by atoms with E-state index in [0.29, 0.717) is 18.3 Å². The van der Waals surface area contributed by atoms with E-state index in [1.165, 1.54) is 12.8 Å². The molecule has 0 aromatic rings. The van der Waals surface area contributed by atoms with Crippen molar-refractivity contribution in [2.75, 3.05) is 6.61 Å². The first-order valence-corrected chi connectivity index (χ1v) is 17.9. The van der Waals surface area contributed by atoms with Crippen LogP contribution in [0.25, 0.3) is 0 Å². The zero-order valence-corrected chi connectivity index (χ0v) is 28.5. The highest BCUT2D eigenvalue weighted by Crippen LogP contribution is 2.89. The number of hydrogen-bond acceptors (Lipinski definition) is 9. The number of hydrogen-bond donors (Lipinski definition) is 6. The molecule has 0 aromatic heterocycles. The molecule has 2 heterocycles. The SMILES string of the molecule is CC(C1CC(O)C(C)(C)O1)C1C(O)CC2(C)C3CCC4C(C)(C)C(OC5OC(CO)C(O)C(O)C5O)CCC45CC35CCC12C. The molecule has 45 heavy (non-hydrogen) atoms. The van der Waals surface area contributed by atoms with Gasteiger partial charge in [0.1, 0.15) is 24.4 Å². The van der Waals surface area contributed by atoms with Crippen LogP contribution in [0.3, 0.4) is 0 Å². The summed E-state index contributed by atoms with van der Waals surface area (Å²) in [4.78, 5) is 0. The van der Waals surface area contributed by atoms with Gasteiger partial charge in [0.05, 0.1) is 36.6 Å². The molecule has 6 N–H and O–H groups in total. The second-order valence-electron chi connectivity index (χ2n) is 18.4. The number of aliphatic hydroxyl groups excluding tert-OH is 6. The molecule has 7 aliphatic rings. The van der Waals surface area contributed by atoms with Gasteiger partial charge in [-0.3, -0.25) is 0 Å². The van der Waals surface area contributed by atoms with Crippen molar-refractivity contribution >= 4 is 0 Å². The largest absolute Gasteiger partial charge is 0.394 e. The number of fused-ring (bicyclic) bond motifs is 2. The van der Waals surface area contributed by atoms with Crippen LogP contribution >= 0.6 is 0 Å². The molecule has 7 rings (SSSR count). The molecule has 17 atom stereocenters. The Bertz CT molecular complexity index is 1160. The third-order valence-electron chi connectivity index (χ3n) is 16.1. The van der Waals surface area contributed by atoms with Crippen LogP contribution in [-0.2, 0) is 14.2 Å². The highest BCUT2D eigenvalue weighted by Gasteiger charge is 2.83. The van der Waals surface area contributed by atoms with Gasteiger partial charge in [-0.1, -0.05) is 34.6 Å². The maximum Gasteiger partial charge on any atom is 0.186 e. The van der Waals surface area contributed by atoms with Crippen molar-refractivity contribution in [2.45, 2.75) is 167 Å². The first-order chi connectivity index (χ1) is 20.9. The fourth-order valence-corrected chi connectivity index (χ4v) is 13.5. The van der Waals surface area contributed by atoms with Crippen molar-refractivity contribution in [3.05, 3.63) is 0 Å². The Morgan fingerprint density at radius 3 is 2.11 bits per heavy atom. The molecule has 7 fully saturated rings. The summed E-state index contributed by atoms with van der Waals surface area (Å²) in [6, 6.07) is 0. The molecular formula is C36H60O9. The second-order valence-corrected chi connectivity index (χ2v) is 18.4. The maximum absolute atomic E-state index is 11.8. The Morgan fingerprint density at radius 1 is 0.800 bits per heavy atom. The highest BCUT2D eigenvalue weighted by molar-refractivity contribution is 5.31. The maximum atomic E-state index is 11.8. The zero-order chi connectivity index (χ0) is 32.7. The molecule has 9 nitrogen and oxygen atoms in total. The van der Waals surface area contributed by atoms with E-state index in [1.54, 1.807) is 0 Å². The van der Waals surface area contributed by atoms with Gasteiger partial charge in [-0.15, -0.1) is 0 Å². The Morgan fingerprint density at radius 2 is 1.47 bits per heavy atom. The first kappa shape index (κ1) is 33.2. The van der Waals surface area contributed by atoms with Gasteiger partial charge in [0, 0.05) is 6.42 Å². The summed E-state index contributed by atoms with van der Waals surface area (Å²) in [5.74, 6) is 1.31. The van der Waals surface area contributed by atoms with Crippen LogP contribution in [0.1, 0.15) is 106 Å². The van der Waals surface area contributed by atoms with Crippen molar-refractivity contribution in [3.8, 4) is 0 Å². The van der Waals surface area contributed by atoms with E-state index in [9.17, 15) is 30.6 Å². The minimum atomic E-state index is -1.44. The fourth-order valence-electron chi connectivity index (χ4n) is 13.5. The van der Waals surface area contributed by atoms with E-state index in [4.69, 9.17) is 14.2 Å². The second kappa shape index (κ2) is 10.3. The third kappa shape index (κ3) is 4.24. The summed E-state index contributed by atoms with van der Waals surface area (Å²) in [6.07, 6.45) is 1.71. The summed E-state index contributed by atoms with van der Waals surface area (Å²) < 4.78 is 18.7. The van der Waals surface area contributed by atoms with E-state index in [2.05, 4.69) is 34.6 Å². The molecule has 0 aromatic carbocycles. The van der Waals surface area contributed by atoms with Gasteiger partial charge < -0.3 is 44.8 Å². The van der Waals surface area contributed by atoms with Gasteiger partial charge in [-0.25, -0.2) is 0 Å². The smallest absolute Gasteiger partial charge is 0.186 e. The van der Waals surface area contributed by atoms with Gasteiger partial charge in [0.2, 0.25) is 0 Å². The molecule has 0 amide bonds. The highest BCUT2D eigenvalue weighted by atomic mass is 16.7. The molecule has 258 valence electrons. The van der Waals surface area contributed by atoms with E-state index in [0.717, 1.165) is 38.5 Å². The van der Waals surface area contributed by atoms with E-state index < -0.39 is 49.0 Å². The lowest BCUT2D eigenvalue weighted by Crippen LogP contribution is -2.62. The zero-order valence-electron chi connectivity index (χ0n) is 28.5. The molecule has 5 saturated carbocycles. The molecular weight excluding hydrogens is 576 g/mol. The monoisotopic (exact) mass is 636 g/mol. The molecule has 0 radical (unpaired) electrons. The number of aliphatic hydroxyl groups is 6. The standard InChI is InChI=1S/C36H60O9/c1-18(20-14-24(39)32(4,5)45-20)26-19(38)15-34(7)23-9-8-22-31(2,3)25(44-30-29(42)28(41)27(40)21(16-37)43-30)10-11-35(22)17-36(23,35)13-12-33(26,34)6/h18-30,37-42H,8-17H2,1-7H3. The van der Waals surface area contributed by atoms with Crippen LogP contribution in [0.15, 0.2) is 0 Å². The fraction of sp³-hybridized carbons (Fsp3) is 1.00. The lowest BCUT2D eigenvalue weighted by molar-refractivity contribution is -0.326. The van der Waals surface area contributed by atoms with Crippen molar-refractivity contribution < 1.29 is 44.8 Å². The molecule has 9 heteroatoms. The summed E-state index contributed by atoms with van der Waals surface area (Å²) in [5.41, 5.74) is -0.199. The van der Waals surface area contributed by atoms with Gasteiger partial charge >= 0.3 is 0 Å². The quantitative estimate of drug-likeness (QED) is 0.250. The van der Waals surface area contributed by atoms with Crippen LogP contribution in [0.5, 0.6) is 0 Å². The average Bonchev–Trinajstić information content (AvgIpc) is 3.47. The van der Waals surface area contributed by atoms with E-state index >= 15 is 0 Å². The van der Waals surface area contributed by atoms with Crippen LogP contribution in [0.2, 0.25) is 0 Å². The lowest BCUT2D eigenvalue weighted by atomic mass is 9.41. The van der Waals surface area contributed by atoms with Crippen LogP contribution in [-0.4, -0.2) is 98.0 Å². The summed E-state index contributed by atoms with van der Waals surface area (Å²) in [5, 5.41) is 63.6. The number of rotatable bonds is 5. The molecule has 5 aliphatic carbocycles. The minimum absolute atomic E-state index is 0.00164. The van der Waals surface area contributed by atoms with Gasteiger partial charge in [-0.2, -0.15) is 0 Å². The molecule has 2 spiro atoms. The van der Waals surface area contributed by atoms with E-state index in [1.807, 2.05) is 13.8 Å². The van der Waals surface area contributed by atoms with Crippen LogP contribution in [0, 0.1) is 50.7 Å². The molecule has 2 saturated heterocycles.